The molecule has 2 N–H and O–H groups in total. The predicted octanol–water partition coefficient (Wildman–Crippen LogP) is 3.67. The van der Waals surface area contributed by atoms with Crippen LogP contribution in [0.5, 0.6) is 0 Å². The van der Waals surface area contributed by atoms with Crippen molar-refractivity contribution in [1.29, 1.82) is 5.41 Å². The number of aromatic nitrogens is 1. The number of nitrogens with one attached hydrogen (secondary N) is 1. The number of pyridine rings is 1. The summed E-state index contributed by atoms with van der Waals surface area (Å²) in [6, 6.07) is 6.71. The maximum absolute atomic E-state index is 12.6. The average molecular weight is 322 g/mol. The Morgan fingerprint density at radius 1 is 1.17 bits per heavy atom. The lowest BCUT2D eigenvalue weighted by Crippen LogP contribution is -2.13. The largest absolute Gasteiger partial charge is 0.416 e. The minimum atomic E-state index is -4.36. The summed E-state index contributed by atoms with van der Waals surface area (Å²) in [7, 11) is 0. The van der Waals surface area contributed by atoms with Gasteiger partial charge in [0, 0.05) is 17.7 Å². The van der Waals surface area contributed by atoms with Gasteiger partial charge in [0.2, 0.25) is 0 Å². The first-order valence-electron chi connectivity index (χ1n) is 7.04. The third-order valence-electron chi connectivity index (χ3n) is 3.53. The number of aliphatic hydroxyl groups is 1. The Morgan fingerprint density at radius 3 is 2.30 bits per heavy atom. The lowest BCUT2D eigenvalue weighted by Gasteiger charge is -2.14. The first kappa shape index (κ1) is 17.1. The van der Waals surface area contributed by atoms with E-state index in [0.717, 1.165) is 23.4 Å². The summed E-state index contributed by atoms with van der Waals surface area (Å²) < 4.78 is 37.8. The zero-order valence-electron chi connectivity index (χ0n) is 12.8. The molecule has 0 aliphatic heterocycles. The molecule has 0 aliphatic carbocycles. The third-order valence-corrected chi connectivity index (χ3v) is 3.53. The van der Waals surface area contributed by atoms with Gasteiger partial charge in [0.05, 0.1) is 23.6 Å². The van der Waals surface area contributed by atoms with Gasteiger partial charge in [-0.3, -0.25) is 4.98 Å². The second-order valence-corrected chi connectivity index (χ2v) is 5.41. The van der Waals surface area contributed by atoms with Gasteiger partial charge in [0.25, 0.3) is 0 Å². The van der Waals surface area contributed by atoms with Gasteiger partial charge in [0.1, 0.15) is 0 Å². The highest BCUT2D eigenvalue weighted by molar-refractivity contribution is 6.01. The van der Waals surface area contributed by atoms with Gasteiger partial charge in [-0.1, -0.05) is 12.1 Å². The Labute approximate surface area is 132 Å². The van der Waals surface area contributed by atoms with Crippen LogP contribution in [0.2, 0.25) is 0 Å². The molecule has 2 rings (SSSR count). The van der Waals surface area contributed by atoms with E-state index in [0.29, 0.717) is 23.2 Å². The molecular weight excluding hydrogens is 305 g/mol. The number of aliphatic hydroxyl groups excluding tert-OH is 1. The van der Waals surface area contributed by atoms with Gasteiger partial charge in [-0.05, 0) is 43.2 Å². The average Bonchev–Trinajstić information content (AvgIpc) is 2.45. The normalized spacial score (nSPS) is 11.6. The number of nitrogens with zero attached hydrogens (tertiary/aromatic N) is 1. The van der Waals surface area contributed by atoms with Crippen LogP contribution in [0.1, 0.15) is 33.6 Å². The van der Waals surface area contributed by atoms with Gasteiger partial charge in [-0.2, -0.15) is 13.2 Å². The fourth-order valence-corrected chi connectivity index (χ4v) is 2.54. The summed E-state index contributed by atoms with van der Waals surface area (Å²) in [5.41, 5.74) is 2.74. The Balaban J connectivity index is 2.38. The van der Waals surface area contributed by atoms with Crippen LogP contribution in [0.15, 0.2) is 30.3 Å². The Hall–Kier alpha value is -2.21. The Morgan fingerprint density at radius 2 is 1.78 bits per heavy atom. The van der Waals surface area contributed by atoms with Crippen LogP contribution in [0, 0.1) is 19.3 Å². The highest BCUT2D eigenvalue weighted by atomic mass is 19.4. The van der Waals surface area contributed by atoms with Crippen molar-refractivity contribution >= 4 is 5.71 Å². The van der Waals surface area contributed by atoms with Gasteiger partial charge in [-0.25, -0.2) is 0 Å². The molecule has 2 aromatic rings. The summed E-state index contributed by atoms with van der Waals surface area (Å²) >= 11 is 0. The summed E-state index contributed by atoms with van der Waals surface area (Å²) in [6.45, 7) is 3.23. The molecule has 1 aromatic carbocycles. The monoisotopic (exact) mass is 322 g/mol. The Bertz CT molecular complexity index is 722. The molecule has 122 valence electrons. The molecule has 1 aromatic heterocycles. The summed E-state index contributed by atoms with van der Waals surface area (Å²) in [5.74, 6) is 0. The van der Waals surface area contributed by atoms with Crippen LogP contribution < -0.4 is 0 Å². The van der Waals surface area contributed by atoms with E-state index >= 15 is 0 Å². The molecule has 0 radical (unpaired) electrons. The Kier molecular flexibility index (Phi) is 4.85. The van der Waals surface area contributed by atoms with Gasteiger partial charge < -0.3 is 10.5 Å². The van der Waals surface area contributed by atoms with E-state index in [2.05, 4.69) is 4.98 Å². The highest BCUT2D eigenvalue weighted by Crippen LogP contribution is 2.29. The van der Waals surface area contributed by atoms with Crippen molar-refractivity contribution in [3.63, 3.8) is 0 Å². The summed E-state index contributed by atoms with van der Waals surface area (Å²) in [4.78, 5) is 4.40. The van der Waals surface area contributed by atoms with Gasteiger partial charge >= 0.3 is 6.18 Å². The molecule has 0 amide bonds. The standard InChI is InChI=1S/C17H17F3N2O/c1-10-7-11(2)22-15(16(10)14(21)9-23)8-12-3-5-13(6-4-12)17(18,19)20/h3-7,21,23H,8-9H2,1-2H3. The molecular formula is C17H17F3N2O. The first-order chi connectivity index (χ1) is 10.7. The second-order valence-electron chi connectivity index (χ2n) is 5.41. The summed E-state index contributed by atoms with van der Waals surface area (Å²) in [5, 5.41) is 17.1. The number of halogens is 3. The number of benzene rings is 1. The van der Waals surface area contributed by atoms with E-state index in [-0.39, 0.29) is 5.71 Å². The van der Waals surface area contributed by atoms with E-state index in [9.17, 15) is 18.3 Å². The number of aryl methyl sites for hydroxylation is 2. The molecule has 0 saturated carbocycles. The molecule has 1 heterocycles. The van der Waals surface area contributed by atoms with E-state index in [1.165, 1.54) is 12.1 Å². The fourth-order valence-electron chi connectivity index (χ4n) is 2.54. The molecule has 0 saturated heterocycles. The molecule has 23 heavy (non-hydrogen) atoms. The molecule has 0 unspecified atom stereocenters. The van der Waals surface area contributed by atoms with Gasteiger partial charge in [-0.15, -0.1) is 0 Å². The summed E-state index contributed by atoms with van der Waals surface area (Å²) in [6.07, 6.45) is -4.06. The SMILES string of the molecule is Cc1cc(C)c(C(=N)CO)c(Cc2ccc(C(F)(F)F)cc2)n1. The van der Waals surface area contributed by atoms with Crippen molar-refractivity contribution in [3.8, 4) is 0 Å². The van der Waals surface area contributed by atoms with Crippen molar-refractivity contribution in [2.45, 2.75) is 26.4 Å². The molecule has 0 aliphatic rings. The van der Waals surface area contributed by atoms with Crippen LogP contribution in [-0.2, 0) is 12.6 Å². The number of hydrogen-bond acceptors (Lipinski definition) is 3. The van der Waals surface area contributed by atoms with Crippen molar-refractivity contribution in [2.24, 2.45) is 0 Å². The number of alkyl halides is 3. The van der Waals surface area contributed by atoms with Crippen LogP contribution >= 0.6 is 0 Å². The second kappa shape index (κ2) is 6.50. The van der Waals surface area contributed by atoms with Crippen LogP contribution in [-0.4, -0.2) is 22.4 Å². The predicted molar refractivity (Wildman–Crippen MR) is 81.9 cm³/mol. The van der Waals surface area contributed by atoms with E-state index in [1.54, 1.807) is 0 Å². The van der Waals surface area contributed by atoms with Crippen LogP contribution in [0.4, 0.5) is 13.2 Å². The third kappa shape index (κ3) is 3.96. The van der Waals surface area contributed by atoms with E-state index in [4.69, 9.17) is 5.41 Å². The van der Waals surface area contributed by atoms with Crippen LogP contribution in [0.25, 0.3) is 0 Å². The molecule has 0 spiro atoms. The van der Waals surface area contributed by atoms with E-state index in [1.807, 2.05) is 19.9 Å². The molecule has 0 atom stereocenters. The lowest BCUT2D eigenvalue weighted by molar-refractivity contribution is -0.137. The quantitative estimate of drug-likeness (QED) is 0.844. The number of hydrogen-bond donors (Lipinski definition) is 2. The minimum Gasteiger partial charge on any atom is -0.390 e. The molecule has 0 fully saturated rings. The lowest BCUT2D eigenvalue weighted by atomic mass is 9.97. The maximum atomic E-state index is 12.6. The van der Waals surface area contributed by atoms with Crippen LogP contribution in [0.3, 0.4) is 0 Å². The zero-order valence-corrected chi connectivity index (χ0v) is 12.8. The molecule has 3 nitrogen and oxygen atoms in total. The van der Waals surface area contributed by atoms with E-state index < -0.39 is 18.3 Å². The number of rotatable bonds is 4. The highest BCUT2D eigenvalue weighted by Gasteiger charge is 2.30. The van der Waals surface area contributed by atoms with Crippen molar-refractivity contribution in [1.82, 2.24) is 4.98 Å². The molecule has 0 bridgehead atoms. The first-order valence-corrected chi connectivity index (χ1v) is 7.04. The minimum absolute atomic E-state index is 0.0527. The zero-order chi connectivity index (χ0) is 17.2. The van der Waals surface area contributed by atoms with Gasteiger partial charge in [0.15, 0.2) is 0 Å². The van der Waals surface area contributed by atoms with Crippen molar-refractivity contribution in [2.75, 3.05) is 6.61 Å². The molecule has 6 heteroatoms. The van der Waals surface area contributed by atoms with Crippen molar-refractivity contribution in [3.05, 3.63) is 64.0 Å². The smallest absolute Gasteiger partial charge is 0.390 e. The maximum Gasteiger partial charge on any atom is 0.416 e. The van der Waals surface area contributed by atoms with Crippen molar-refractivity contribution < 1.29 is 18.3 Å². The topological polar surface area (TPSA) is 57.0 Å². The fraction of sp³-hybridized carbons (Fsp3) is 0.294.